The van der Waals surface area contributed by atoms with Crippen LogP contribution in [0.2, 0.25) is 0 Å². The van der Waals surface area contributed by atoms with Gasteiger partial charge in [-0.05, 0) is 12.5 Å². The van der Waals surface area contributed by atoms with E-state index in [1.54, 1.807) is 12.1 Å². The molecule has 1 aliphatic heterocycles. The SMILES string of the molecule is C=CCOC1CCN(c2cc3nc[nH]c(=O)c3cc2[N+](=O)[O-])C1. The van der Waals surface area contributed by atoms with E-state index in [1.165, 1.54) is 12.4 Å². The van der Waals surface area contributed by atoms with Gasteiger partial charge in [0.15, 0.2) is 0 Å². The summed E-state index contributed by atoms with van der Waals surface area (Å²) < 4.78 is 5.61. The normalized spacial score (nSPS) is 17.6. The Bertz CT molecular complexity index is 817. The van der Waals surface area contributed by atoms with E-state index in [2.05, 4.69) is 16.5 Å². The fourth-order valence-electron chi connectivity index (χ4n) is 2.78. The predicted molar refractivity (Wildman–Crippen MR) is 85.8 cm³/mol. The summed E-state index contributed by atoms with van der Waals surface area (Å²) >= 11 is 0. The molecule has 8 nitrogen and oxygen atoms in total. The van der Waals surface area contributed by atoms with E-state index in [1.807, 2.05) is 4.90 Å². The molecule has 1 atom stereocenters. The highest BCUT2D eigenvalue weighted by Gasteiger charge is 2.29. The monoisotopic (exact) mass is 316 g/mol. The molecule has 2 heterocycles. The zero-order valence-electron chi connectivity index (χ0n) is 12.4. The summed E-state index contributed by atoms with van der Waals surface area (Å²) in [5.74, 6) is 0. The van der Waals surface area contributed by atoms with Crippen molar-refractivity contribution in [3.63, 3.8) is 0 Å². The van der Waals surface area contributed by atoms with Gasteiger partial charge in [0, 0.05) is 19.2 Å². The summed E-state index contributed by atoms with van der Waals surface area (Å²) in [6, 6.07) is 2.88. The number of nitrogens with one attached hydrogen (secondary N) is 1. The molecule has 1 saturated heterocycles. The van der Waals surface area contributed by atoms with Gasteiger partial charge >= 0.3 is 0 Å². The maximum Gasteiger partial charge on any atom is 0.293 e. The van der Waals surface area contributed by atoms with Crippen molar-refractivity contribution in [2.45, 2.75) is 12.5 Å². The smallest absolute Gasteiger partial charge is 0.293 e. The van der Waals surface area contributed by atoms with E-state index < -0.39 is 10.5 Å². The van der Waals surface area contributed by atoms with Crippen molar-refractivity contribution >= 4 is 22.3 Å². The number of benzene rings is 1. The third-order valence-corrected chi connectivity index (χ3v) is 3.87. The van der Waals surface area contributed by atoms with Crippen LogP contribution in [-0.2, 0) is 4.74 Å². The average molecular weight is 316 g/mol. The number of aromatic nitrogens is 2. The van der Waals surface area contributed by atoms with Crippen molar-refractivity contribution in [1.29, 1.82) is 0 Å². The third-order valence-electron chi connectivity index (χ3n) is 3.87. The predicted octanol–water partition coefficient (Wildman–Crippen LogP) is 1.61. The fraction of sp³-hybridized carbons (Fsp3) is 0.333. The second-order valence-electron chi connectivity index (χ2n) is 5.33. The van der Waals surface area contributed by atoms with Crippen molar-refractivity contribution in [1.82, 2.24) is 9.97 Å². The van der Waals surface area contributed by atoms with Crippen LogP contribution in [-0.4, -0.2) is 40.7 Å². The standard InChI is InChI=1S/C15H16N4O4/c1-2-5-23-10-3-4-18(8-10)13-7-12-11(6-14(13)19(21)22)15(20)17-9-16-12/h2,6-7,9-10H,1,3-5,8H2,(H,16,17,20). The maximum atomic E-state index is 11.8. The lowest BCUT2D eigenvalue weighted by Crippen LogP contribution is -2.24. The molecule has 1 fully saturated rings. The Morgan fingerprint density at radius 1 is 1.57 bits per heavy atom. The number of hydrogen-bond donors (Lipinski definition) is 1. The van der Waals surface area contributed by atoms with Gasteiger partial charge in [-0.25, -0.2) is 4.98 Å². The zero-order chi connectivity index (χ0) is 16.4. The van der Waals surface area contributed by atoms with E-state index in [0.717, 1.165) is 6.42 Å². The van der Waals surface area contributed by atoms with Gasteiger partial charge in [-0.1, -0.05) is 6.08 Å². The highest BCUT2D eigenvalue weighted by atomic mass is 16.6. The molecule has 0 spiro atoms. The van der Waals surface area contributed by atoms with E-state index >= 15 is 0 Å². The topological polar surface area (TPSA) is 101 Å². The van der Waals surface area contributed by atoms with E-state index in [-0.39, 0.29) is 17.2 Å². The van der Waals surface area contributed by atoms with Crippen LogP contribution < -0.4 is 10.5 Å². The minimum Gasteiger partial charge on any atom is -0.372 e. The number of H-pyrrole nitrogens is 1. The molecular formula is C15H16N4O4. The molecule has 0 radical (unpaired) electrons. The molecule has 1 aromatic carbocycles. The van der Waals surface area contributed by atoms with Gasteiger partial charge in [0.25, 0.3) is 11.2 Å². The van der Waals surface area contributed by atoms with Crippen molar-refractivity contribution in [2.75, 3.05) is 24.6 Å². The largest absolute Gasteiger partial charge is 0.372 e. The van der Waals surface area contributed by atoms with Crippen LogP contribution in [0.1, 0.15) is 6.42 Å². The molecule has 3 rings (SSSR count). The van der Waals surface area contributed by atoms with Gasteiger partial charge in [-0.2, -0.15) is 0 Å². The lowest BCUT2D eigenvalue weighted by molar-refractivity contribution is -0.384. The second-order valence-corrected chi connectivity index (χ2v) is 5.33. The van der Waals surface area contributed by atoms with Gasteiger partial charge in [0.2, 0.25) is 0 Å². The Morgan fingerprint density at radius 3 is 3.13 bits per heavy atom. The molecule has 0 amide bonds. The first-order chi connectivity index (χ1) is 11.1. The van der Waals surface area contributed by atoms with Crippen LogP contribution in [0, 0.1) is 10.1 Å². The van der Waals surface area contributed by atoms with Crippen LogP contribution in [0.5, 0.6) is 0 Å². The first kappa shape index (κ1) is 15.2. The summed E-state index contributed by atoms with van der Waals surface area (Å²) in [6.45, 7) is 5.27. The van der Waals surface area contributed by atoms with Crippen molar-refractivity contribution in [3.05, 3.63) is 51.6 Å². The first-order valence-electron chi connectivity index (χ1n) is 7.23. The molecule has 0 bridgehead atoms. The quantitative estimate of drug-likeness (QED) is 0.511. The summed E-state index contributed by atoms with van der Waals surface area (Å²) in [5, 5.41) is 11.6. The van der Waals surface area contributed by atoms with Gasteiger partial charge in [-0.3, -0.25) is 14.9 Å². The molecule has 1 N–H and O–H groups in total. The lowest BCUT2D eigenvalue weighted by Gasteiger charge is -2.18. The zero-order valence-corrected chi connectivity index (χ0v) is 12.4. The number of ether oxygens (including phenoxy) is 1. The summed E-state index contributed by atoms with van der Waals surface area (Å²) in [6.07, 6.45) is 3.76. The van der Waals surface area contributed by atoms with Crippen LogP contribution in [0.25, 0.3) is 10.9 Å². The number of anilines is 1. The first-order valence-corrected chi connectivity index (χ1v) is 7.23. The molecular weight excluding hydrogens is 300 g/mol. The lowest BCUT2D eigenvalue weighted by atomic mass is 10.1. The molecule has 1 aliphatic rings. The van der Waals surface area contributed by atoms with Crippen LogP contribution in [0.3, 0.4) is 0 Å². The number of nitro benzene ring substituents is 1. The van der Waals surface area contributed by atoms with Crippen molar-refractivity contribution in [2.24, 2.45) is 0 Å². The molecule has 1 aromatic heterocycles. The fourth-order valence-corrected chi connectivity index (χ4v) is 2.78. The summed E-state index contributed by atoms with van der Waals surface area (Å²) in [5.41, 5.74) is 0.411. The van der Waals surface area contributed by atoms with E-state index in [4.69, 9.17) is 4.74 Å². The molecule has 0 aliphatic carbocycles. The van der Waals surface area contributed by atoms with E-state index in [0.29, 0.717) is 30.9 Å². The minimum absolute atomic E-state index is 0.00966. The number of rotatable bonds is 5. The van der Waals surface area contributed by atoms with Gasteiger partial charge in [0.05, 0.1) is 34.9 Å². The summed E-state index contributed by atoms with van der Waals surface area (Å²) in [4.78, 5) is 31.1. The number of fused-ring (bicyclic) bond motifs is 1. The second kappa shape index (κ2) is 6.17. The Kier molecular flexibility index (Phi) is 4.07. The average Bonchev–Trinajstić information content (AvgIpc) is 3.01. The van der Waals surface area contributed by atoms with Crippen LogP contribution >= 0.6 is 0 Å². The highest BCUT2D eigenvalue weighted by molar-refractivity contribution is 5.87. The Balaban J connectivity index is 2.00. The number of nitrogens with zero attached hydrogens (tertiary/aromatic N) is 3. The van der Waals surface area contributed by atoms with Crippen molar-refractivity contribution in [3.8, 4) is 0 Å². The Morgan fingerprint density at radius 2 is 2.39 bits per heavy atom. The van der Waals surface area contributed by atoms with Gasteiger partial charge in [0.1, 0.15) is 5.69 Å². The van der Waals surface area contributed by atoms with Crippen molar-refractivity contribution < 1.29 is 9.66 Å². The summed E-state index contributed by atoms with van der Waals surface area (Å²) in [7, 11) is 0. The van der Waals surface area contributed by atoms with Gasteiger partial charge < -0.3 is 14.6 Å². The number of aromatic amines is 1. The molecule has 0 saturated carbocycles. The Hall–Kier alpha value is -2.74. The Labute approximate surface area is 131 Å². The van der Waals surface area contributed by atoms with Crippen LogP contribution in [0.15, 0.2) is 35.9 Å². The molecule has 8 heteroatoms. The van der Waals surface area contributed by atoms with Gasteiger partial charge in [-0.15, -0.1) is 6.58 Å². The number of nitro groups is 1. The van der Waals surface area contributed by atoms with E-state index in [9.17, 15) is 14.9 Å². The third kappa shape index (κ3) is 2.93. The molecule has 1 unspecified atom stereocenters. The van der Waals surface area contributed by atoms with Crippen LogP contribution in [0.4, 0.5) is 11.4 Å². The molecule has 2 aromatic rings. The molecule has 23 heavy (non-hydrogen) atoms. The highest BCUT2D eigenvalue weighted by Crippen LogP contribution is 2.33. The maximum absolute atomic E-state index is 11.8. The molecule has 120 valence electrons. The number of hydrogen-bond acceptors (Lipinski definition) is 6. The minimum atomic E-state index is -0.473.